The predicted octanol–water partition coefficient (Wildman–Crippen LogP) is 2.64. The van der Waals surface area contributed by atoms with Crippen LogP contribution in [-0.2, 0) is 6.42 Å². The van der Waals surface area contributed by atoms with Crippen LogP contribution in [0.25, 0.3) is 0 Å². The minimum absolute atomic E-state index is 0.109. The van der Waals surface area contributed by atoms with E-state index in [2.05, 4.69) is 4.98 Å². The number of pyridine rings is 1. The van der Waals surface area contributed by atoms with E-state index in [1.807, 2.05) is 43.3 Å². The minimum atomic E-state index is -0.109. The number of rotatable bonds is 4. The van der Waals surface area contributed by atoms with Crippen LogP contribution in [0.2, 0.25) is 0 Å². The highest BCUT2D eigenvalue weighted by Crippen LogP contribution is 2.23. The number of nitrogens with zero attached hydrogens (tertiary/aromatic N) is 1. The molecule has 0 fully saturated rings. The Morgan fingerprint density at radius 3 is 2.72 bits per heavy atom. The van der Waals surface area contributed by atoms with Gasteiger partial charge in [-0.3, -0.25) is 4.98 Å². The highest BCUT2D eigenvalue weighted by molar-refractivity contribution is 5.35. The number of para-hydroxylation sites is 1. The first kappa shape index (κ1) is 12.6. The molecule has 1 heterocycles. The molecular weight excluding hydrogens is 224 g/mol. The summed E-state index contributed by atoms with van der Waals surface area (Å²) in [5, 5.41) is 0. The second-order valence-corrected chi connectivity index (χ2v) is 4.33. The van der Waals surface area contributed by atoms with E-state index < -0.39 is 0 Å². The van der Waals surface area contributed by atoms with Crippen LogP contribution >= 0.6 is 0 Å². The number of hydrogen-bond donors (Lipinski definition) is 1. The summed E-state index contributed by atoms with van der Waals surface area (Å²) < 4.78 is 5.34. The van der Waals surface area contributed by atoms with E-state index in [1.54, 1.807) is 13.3 Å². The lowest BCUT2D eigenvalue weighted by Crippen LogP contribution is -2.16. The number of hydrogen-bond acceptors (Lipinski definition) is 3. The zero-order valence-electron chi connectivity index (χ0n) is 10.8. The fourth-order valence-electron chi connectivity index (χ4n) is 2.09. The number of aromatic nitrogens is 1. The third-order valence-corrected chi connectivity index (χ3v) is 3.03. The van der Waals surface area contributed by atoms with Gasteiger partial charge in [-0.2, -0.15) is 0 Å². The lowest BCUT2D eigenvalue weighted by molar-refractivity contribution is 0.408. The molecule has 0 saturated heterocycles. The van der Waals surface area contributed by atoms with Gasteiger partial charge < -0.3 is 10.5 Å². The molecule has 1 aromatic heterocycles. The summed E-state index contributed by atoms with van der Waals surface area (Å²) in [4.78, 5) is 4.36. The molecule has 2 rings (SSSR count). The van der Waals surface area contributed by atoms with E-state index in [0.29, 0.717) is 0 Å². The third kappa shape index (κ3) is 2.68. The van der Waals surface area contributed by atoms with Crippen molar-refractivity contribution in [1.82, 2.24) is 4.98 Å². The van der Waals surface area contributed by atoms with E-state index in [-0.39, 0.29) is 6.04 Å². The lowest BCUT2D eigenvalue weighted by Gasteiger charge is -2.15. The van der Waals surface area contributed by atoms with Crippen molar-refractivity contribution in [2.75, 3.05) is 7.11 Å². The van der Waals surface area contributed by atoms with Crippen LogP contribution in [0.3, 0.4) is 0 Å². The Kier molecular flexibility index (Phi) is 3.95. The second kappa shape index (κ2) is 5.65. The van der Waals surface area contributed by atoms with Crippen LogP contribution < -0.4 is 10.5 Å². The summed E-state index contributed by atoms with van der Waals surface area (Å²) in [7, 11) is 1.68. The maximum atomic E-state index is 6.23. The maximum absolute atomic E-state index is 6.23. The Hall–Kier alpha value is -1.87. The SMILES string of the molecule is COc1ccccc1CC(N)c1ncccc1C. The normalized spacial score (nSPS) is 12.2. The third-order valence-electron chi connectivity index (χ3n) is 3.03. The van der Waals surface area contributed by atoms with Gasteiger partial charge in [0.05, 0.1) is 18.8 Å². The van der Waals surface area contributed by atoms with Crippen LogP contribution in [0.1, 0.15) is 22.9 Å². The molecule has 3 heteroatoms. The van der Waals surface area contributed by atoms with Crippen LogP contribution in [0.4, 0.5) is 0 Å². The maximum Gasteiger partial charge on any atom is 0.122 e. The van der Waals surface area contributed by atoms with Crippen molar-refractivity contribution in [3.05, 3.63) is 59.4 Å². The fourth-order valence-corrected chi connectivity index (χ4v) is 2.09. The number of benzene rings is 1. The molecule has 3 nitrogen and oxygen atoms in total. The highest BCUT2D eigenvalue weighted by Gasteiger charge is 2.13. The highest BCUT2D eigenvalue weighted by atomic mass is 16.5. The number of nitrogens with two attached hydrogens (primary N) is 1. The summed E-state index contributed by atoms with van der Waals surface area (Å²) in [6.45, 7) is 2.03. The molecular formula is C15H18N2O. The van der Waals surface area contributed by atoms with Gasteiger partial charge in [0.15, 0.2) is 0 Å². The molecule has 94 valence electrons. The van der Waals surface area contributed by atoms with Crippen molar-refractivity contribution >= 4 is 0 Å². The van der Waals surface area contributed by atoms with Gasteiger partial charge in [-0.25, -0.2) is 0 Å². The molecule has 0 amide bonds. The van der Waals surface area contributed by atoms with Gasteiger partial charge in [0, 0.05) is 6.20 Å². The number of methoxy groups -OCH3 is 1. The zero-order chi connectivity index (χ0) is 13.0. The Morgan fingerprint density at radius 2 is 2.00 bits per heavy atom. The predicted molar refractivity (Wildman–Crippen MR) is 72.6 cm³/mol. The van der Waals surface area contributed by atoms with E-state index in [1.165, 1.54) is 0 Å². The molecule has 0 aliphatic rings. The molecule has 0 radical (unpaired) electrons. The average Bonchev–Trinajstić information content (AvgIpc) is 2.39. The molecule has 0 spiro atoms. The molecule has 1 unspecified atom stereocenters. The number of ether oxygens (including phenoxy) is 1. The summed E-state index contributed by atoms with van der Waals surface area (Å²) in [5.41, 5.74) is 9.41. The number of aryl methyl sites for hydroxylation is 1. The molecule has 1 aromatic carbocycles. The quantitative estimate of drug-likeness (QED) is 0.896. The lowest BCUT2D eigenvalue weighted by atomic mass is 10.0. The molecule has 0 aliphatic carbocycles. The molecule has 0 aliphatic heterocycles. The van der Waals surface area contributed by atoms with Gasteiger partial charge in [0.2, 0.25) is 0 Å². The average molecular weight is 242 g/mol. The van der Waals surface area contributed by atoms with Crippen molar-refractivity contribution in [2.45, 2.75) is 19.4 Å². The Labute approximate surface area is 108 Å². The van der Waals surface area contributed by atoms with Crippen molar-refractivity contribution in [1.29, 1.82) is 0 Å². The van der Waals surface area contributed by atoms with Crippen LogP contribution in [0.15, 0.2) is 42.6 Å². The van der Waals surface area contributed by atoms with Crippen molar-refractivity contribution in [2.24, 2.45) is 5.73 Å². The van der Waals surface area contributed by atoms with Gasteiger partial charge in [-0.05, 0) is 36.6 Å². The van der Waals surface area contributed by atoms with Crippen molar-refractivity contribution in [3.63, 3.8) is 0 Å². The van der Waals surface area contributed by atoms with Gasteiger partial charge in [0.25, 0.3) is 0 Å². The standard InChI is InChI=1S/C15H18N2O/c1-11-6-5-9-17-15(11)13(16)10-12-7-3-4-8-14(12)18-2/h3-9,13H,10,16H2,1-2H3. The summed E-state index contributed by atoms with van der Waals surface area (Å²) in [6.07, 6.45) is 2.51. The van der Waals surface area contributed by atoms with Gasteiger partial charge in [0.1, 0.15) is 5.75 Å². The minimum Gasteiger partial charge on any atom is -0.496 e. The first-order chi connectivity index (χ1) is 8.72. The topological polar surface area (TPSA) is 48.1 Å². The fraction of sp³-hybridized carbons (Fsp3) is 0.267. The van der Waals surface area contributed by atoms with E-state index >= 15 is 0 Å². The summed E-state index contributed by atoms with van der Waals surface area (Å²) in [6, 6.07) is 11.8. The summed E-state index contributed by atoms with van der Waals surface area (Å²) >= 11 is 0. The largest absolute Gasteiger partial charge is 0.496 e. The molecule has 0 bridgehead atoms. The van der Waals surface area contributed by atoms with Gasteiger partial charge >= 0.3 is 0 Å². The summed E-state index contributed by atoms with van der Waals surface area (Å²) in [5.74, 6) is 0.876. The Bertz CT molecular complexity index is 525. The first-order valence-electron chi connectivity index (χ1n) is 6.01. The van der Waals surface area contributed by atoms with Crippen LogP contribution in [0, 0.1) is 6.92 Å². The smallest absolute Gasteiger partial charge is 0.122 e. The Balaban J connectivity index is 2.21. The van der Waals surface area contributed by atoms with Crippen molar-refractivity contribution < 1.29 is 4.74 Å². The van der Waals surface area contributed by atoms with E-state index in [4.69, 9.17) is 10.5 Å². The van der Waals surface area contributed by atoms with Gasteiger partial charge in [-0.1, -0.05) is 24.3 Å². The molecule has 18 heavy (non-hydrogen) atoms. The van der Waals surface area contributed by atoms with E-state index in [0.717, 1.165) is 29.0 Å². The molecule has 2 aromatic rings. The van der Waals surface area contributed by atoms with Crippen LogP contribution in [-0.4, -0.2) is 12.1 Å². The molecule has 1 atom stereocenters. The zero-order valence-corrected chi connectivity index (χ0v) is 10.8. The first-order valence-corrected chi connectivity index (χ1v) is 6.01. The molecule has 0 saturated carbocycles. The van der Waals surface area contributed by atoms with E-state index in [9.17, 15) is 0 Å². The second-order valence-electron chi connectivity index (χ2n) is 4.33. The van der Waals surface area contributed by atoms with Gasteiger partial charge in [-0.15, -0.1) is 0 Å². The monoisotopic (exact) mass is 242 g/mol. The Morgan fingerprint density at radius 1 is 1.22 bits per heavy atom. The molecule has 2 N–H and O–H groups in total. The van der Waals surface area contributed by atoms with Crippen molar-refractivity contribution in [3.8, 4) is 5.75 Å². The van der Waals surface area contributed by atoms with Crippen LogP contribution in [0.5, 0.6) is 5.75 Å².